The van der Waals surface area contributed by atoms with E-state index in [0.29, 0.717) is 18.3 Å². The minimum absolute atomic E-state index is 0.00759. The summed E-state index contributed by atoms with van der Waals surface area (Å²) < 4.78 is 5.00. The second kappa shape index (κ2) is 6.23. The summed E-state index contributed by atoms with van der Waals surface area (Å²) >= 11 is 0. The average Bonchev–Trinajstić information content (AvgIpc) is 2.26. The van der Waals surface area contributed by atoms with E-state index in [9.17, 15) is 4.79 Å². The van der Waals surface area contributed by atoms with Gasteiger partial charge in [0.25, 0.3) is 0 Å². The smallest absolute Gasteiger partial charge is 0.137 e. The van der Waals surface area contributed by atoms with E-state index in [1.807, 2.05) is 0 Å². The topological polar surface area (TPSA) is 52.3 Å². The maximum Gasteiger partial charge on any atom is 0.137 e. The SMILES string of the molecule is CCC1CCC(=O)C(C(N)CCOC)C1. The van der Waals surface area contributed by atoms with Crippen molar-refractivity contribution in [1.82, 2.24) is 0 Å². The first-order chi connectivity index (χ1) is 7.19. The van der Waals surface area contributed by atoms with Gasteiger partial charge in [-0.2, -0.15) is 0 Å². The van der Waals surface area contributed by atoms with Crippen molar-refractivity contribution in [2.45, 2.75) is 45.1 Å². The zero-order chi connectivity index (χ0) is 11.3. The van der Waals surface area contributed by atoms with Crippen LogP contribution in [-0.2, 0) is 9.53 Å². The lowest BCUT2D eigenvalue weighted by Crippen LogP contribution is -2.40. The van der Waals surface area contributed by atoms with Gasteiger partial charge in [-0.05, 0) is 25.2 Å². The Morgan fingerprint density at radius 3 is 2.93 bits per heavy atom. The predicted molar refractivity (Wildman–Crippen MR) is 60.6 cm³/mol. The first-order valence-corrected chi connectivity index (χ1v) is 5.96. The monoisotopic (exact) mass is 213 g/mol. The molecule has 1 rings (SSSR count). The number of rotatable bonds is 5. The Morgan fingerprint density at radius 1 is 1.60 bits per heavy atom. The van der Waals surface area contributed by atoms with Gasteiger partial charge in [0.2, 0.25) is 0 Å². The van der Waals surface area contributed by atoms with Gasteiger partial charge in [-0.25, -0.2) is 0 Å². The van der Waals surface area contributed by atoms with E-state index < -0.39 is 0 Å². The quantitative estimate of drug-likeness (QED) is 0.757. The molecule has 1 saturated carbocycles. The summed E-state index contributed by atoms with van der Waals surface area (Å²) in [7, 11) is 1.67. The molecule has 88 valence electrons. The van der Waals surface area contributed by atoms with Crippen LogP contribution < -0.4 is 5.73 Å². The van der Waals surface area contributed by atoms with Gasteiger partial charge in [0.15, 0.2) is 0 Å². The van der Waals surface area contributed by atoms with Crippen molar-refractivity contribution in [3.8, 4) is 0 Å². The van der Waals surface area contributed by atoms with Crippen LogP contribution in [0, 0.1) is 11.8 Å². The standard InChI is InChI=1S/C12H23NO2/c1-3-9-4-5-12(14)10(8-9)11(13)6-7-15-2/h9-11H,3-8,13H2,1-2H3. The fourth-order valence-electron chi connectivity index (χ4n) is 2.38. The van der Waals surface area contributed by atoms with Crippen molar-refractivity contribution >= 4 is 5.78 Å². The van der Waals surface area contributed by atoms with Crippen LogP contribution in [0.5, 0.6) is 0 Å². The first-order valence-electron chi connectivity index (χ1n) is 5.96. The van der Waals surface area contributed by atoms with Gasteiger partial charge < -0.3 is 10.5 Å². The van der Waals surface area contributed by atoms with Crippen LogP contribution in [0.25, 0.3) is 0 Å². The van der Waals surface area contributed by atoms with Gasteiger partial charge in [0, 0.05) is 32.1 Å². The number of Topliss-reactive ketones (excluding diaryl/α,β-unsaturated/α-hetero) is 1. The maximum absolute atomic E-state index is 11.7. The van der Waals surface area contributed by atoms with Crippen LogP contribution >= 0.6 is 0 Å². The van der Waals surface area contributed by atoms with Gasteiger partial charge in [0.1, 0.15) is 5.78 Å². The van der Waals surface area contributed by atoms with Crippen molar-refractivity contribution in [2.24, 2.45) is 17.6 Å². The number of ketones is 1. The molecule has 0 aromatic carbocycles. The molecular weight excluding hydrogens is 190 g/mol. The summed E-state index contributed by atoms with van der Waals surface area (Å²) in [5.41, 5.74) is 6.04. The van der Waals surface area contributed by atoms with Crippen molar-refractivity contribution in [3.05, 3.63) is 0 Å². The zero-order valence-electron chi connectivity index (χ0n) is 9.87. The molecule has 3 heteroatoms. The molecule has 0 bridgehead atoms. The van der Waals surface area contributed by atoms with Crippen LogP contribution in [0.2, 0.25) is 0 Å². The lowest BCUT2D eigenvalue weighted by molar-refractivity contribution is -0.126. The van der Waals surface area contributed by atoms with E-state index in [1.165, 1.54) is 6.42 Å². The van der Waals surface area contributed by atoms with Crippen LogP contribution in [0.15, 0.2) is 0 Å². The first kappa shape index (κ1) is 12.7. The molecule has 2 N–H and O–H groups in total. The minimum Gasteiger partial charge on any atom is -0.385 e. The largest absolute Gasteiger partial charge is 0.385 e. The summed E-state index contributed by atoms with van der Waals surface area (Å²) in [6.45, 7) is 2.85. The molecule has 15 heavy (non-hydrogen) atoms. The highest BCUT2D eigenvalue weighted by atomic mass is 16.5. The van der Waals surface area contributed by atoms with E-state index in [0.717, 1.165) is 25.7 Å². The zero-order valence-corrected chi connectivity index (χ0v) is 9.87. The summed E-state index contributed by atoms with van der Waals surface area (Å²) in [5.74, 6) is 1.14. The number of carbonyl (C=O) groups is 1. The summed E-state index contributed by atoms with van der Waals surface area (Å²) in [4.78, 5) is 11.7. The highest BCUT2D eigenvalue weighted by Crippen LogP contribution is 2.30. The Balaban J connectivity index is 2.45. The van der Waals surface area contributed by atoms with Crippen LogP contribution in [-0.4, -0.2) is 25.5 Å². The van der Waals surface area contributed by atoms with E-state index >= 15 is 0 Å². The molecule has 0 aromatic heterocycles. The van der Waals surface area contributed by atoms with E-state index in [4.69, 9.17) is 10.5 Å². The third-order valence-electron chi connectivity index (χ3n) is 3.55. The Bertz CT molecular complexity index is 206. The molecule has 0 amide bonds. The number of nitrogens with two attached hydrogens (primary N) is 1. The number of ether oxygens (including phenoxy) is 1. The maximum atomic E-state index is 11.7. The Morgan fingerprint density at radius 2 is 2.33 bits per heavy atom. The fraction of sp³-hybridized carbons (Fsp3) is 0.917. The molecule has 0 spiro atoms. The van der Waals surface area contributed by atoms with E-state index in [1.54, 1.807) is 7.11 Å². The minimum atomic E-state index is -0.00759. The third-order valence-corrected chi connectivity index (χ3v) is 3.55. The van der Waals surface area contributed by atoms with E-state index in [-0.39, 0.29) is 12.0 Å². The number of hydrogen-bond donors (Lipinski definition) is 1. The van der Waals surface area contributed by atoms with Gasteiger partial charge in [-0.1, -0.05) is 13.3 Å². The summed E-state index contributed by atoms with van der Waals surface area (Å²) in [5, 5.41) is 0. The Labute approximate surface area is 92.4 Å². The molecule has 0 aromatic rings. The number of hydrogen-bond acceptors (Lipinski definition) is 3. The Hall–Kier alpha value is -0.410. The second-order valence-corrected chi connectivity index (χ2v) is 4.57. The van der Waals surface area contributed by atoms with Crippen molar-refractivity contribution in [2.75, 3.05) is 13.7 Å². The van der Waals surface area contributed by atoms with Gasteiger partial charge in [-0.15, -0.1) is 0 Å². The lowest BCUT2D eigenvalue weighted by atomic mass is 9.75. The molecule has 1 aliphatic rings. The summed E-state index contributed by atoms with van der Waals surface area (Å²) in [6, 6.07) is -0.00759. The molecule has 0 radical (unpaired) electrons. The highest BCUT2D eigenvalue weighted by molar-refractivity contribution is 5.82. The highest BCUT2D eigenvalue weighted by Gasteiger charge is 2.31. The van der Waals surface area contributed by atoms with Crippen LogP contribution in [0.4, 0.5) is 0 Å². The normalized spacial score (nSPS) is 29.1. The van der Waals surface area contributed by atoms with Crippen LogP contribution in [0.1, 0.15) is 39.0 Å². The Kier molecular flexibility index (Phi) is 5.26. The average molecular weight is 213 g/mol. The molecular formula is C12H23NO2. The molecule has 1 aliphatic carbocycles. The third kappa shape index (κ3) is 3.58. The van der Waals surface area contributed by atoms with Crippen molar-refractivity contribution < 1.29 is 9.53 Å². The number of methoxy groups -OCH3 is 1. The number of carbonyl (C=O) groups excluding carboxylic acids is 1. The molecule has 3 nitrogen and oxygen atoms in total. The van der Waals surface area contributed by atoms with Gasteiger partial charge in [0.05, 0.1) is 0 Å². The van der Waals surface area contributed by atoms with Gasteiger partial charge in [-0.3, -0.25) is 4.79 Å². The van der Waals surface area contributed by atoms with Gasteiger partial charge >= 0.3 is 0 Å². The molecule has 0 heterocycles. The van der Waals surface area contributed by atoms with Crippen molar-refractivity contribution in [1.29, 1.82) is 0 Å². The van der Waals surface area contributed by atoms with Crippen LogP contribution in [0.3, 0.4) is 0 Å². The molecule has 0 saturated heterocycles. The molecule has 0 aliphatic heterocycles. The lowest BCUT2D eigenvalue weighted by Gasteiger charge is -2.31. The molecule has 1 fully saturated rings. The van der Waals surface area contributed by atoms with E-state index in [2.05, 4.69) is 6.92 Å². The molecule has 3 unspecified atom stereocenters. The second-order valence-electron chi connectivity index (χ2n) is 4.57. The fourth-order valence-corrected chi connectivity index (χ4v) is 2.38. The van der Waals surface area contributed by atoms with Crippen molar-refractivity contribution in [3.63, 3.8) is 0 Å². The molecule has 3 atom stereocenters. The summed E-state index contributed by atoms with van der Waals surface area (Å²) in [6.07, 6.45) is 4.73. The predicted octanol–water partition coefficient (Wildman–Crippen LogP) is 1.75.